The molecule has 2 heteroatoms. The van der Waals surface area contributed by atoms with Crippen LogP contribution in [0.15, 0.2) is 18.2 Å². The zero-order chi connectivity index (χ0) is 12.6. The van der Waals surface area contributed by atoms with Crippen LogP contribution in [0.1, 0.15) is 38.8 Å². The third-order valence-corrected chi connectivity index (χ3v) is 3.51. The van der Waals surface area contributed by atoms with Gasteiger partial charge in [-0.05, 0) is 57.7 Å². The van der Waals surface area contributed by atoms with Crippen molar-refractivity contribution in [3.05, 3.63) is 29.3 Å². The van der Waals surface area contributed by atoms with Crippen LogP contribution in [0.25, 0.3) is 0 Å². The Labute approximate surface area is 104 Å². The highest BCUT2D eigenvalue weighted by molar-refractivity contribution is 5.61. The lowest BCUT2D eigenvalue weighted by molar-refractivity contribution is 0.195. The highest BCUT2D eigenvalue weighted by Gasteiger charge is 2.27. The van der Waals surface area contributed by atoms with Crippen molar-refractivity contribution in [1.29, 1.82) is 0 Å². The smallest absolute Gasteiger partial charge is 0.0552 e. The maximum absolute atomic E-state index is 9.47. The van der Waals surface area contributed by atoms with Crippen LogP contribution in [0.4, 0.5) is 5.69 Å². The second-order valence-electron chi connectivity index (χ2n) is 5.57. The van der Waals surface area contributed by atoms with E-state index in [2.05, 4.69) is 43.9 Å². The van der Waals surface area contributed by atoms with Gasteiger partial charge in [-0.25, -0.2) is 0 Å². The first-order valence-electron chi connectivity index (χ1n) is 6.57. The van der Waals surface area contributed by atoms with Gasteiger partial charge in [0, 0.05) is 17.8 Å². The predicted molar refractivity (Wildman–Crippen MR) is 72.6 cm³/mol. The van der Waals surface area contributed by atoms with Gasteiger partial charge in [0.2, 0.25) is 0 Å². The Balaban J connectivity index is 2.31. The first kappa shape index (κ1) is 12.4. The van der Waals surface area contributed by atoms with Gasteiger partial charge in [0.15, 0.2) is 0 Å². The minimum absolute atomic E-state index is 0.264. The fourth-order valence-electron chi connectivity index (χ4n) is 2.93. The number of rotatable bonds is 3. The van der Waals surface area contributed by atoms with E-state index in [9.17, 15) is 5.11 Å². The average molecular weight is 233 g/mol. The van der Waals surface area contributed by atoms with Crippen molar-refractivity contribution in [3.8, 4) is 0 Å². The van der Waals surface area contributed by atoms with E-state index >= 15 is 0 Å². The quantitative estimate of drug-likeness (QED) is 0.867. The van der Waals surface area contributed by atoms with Crippen LogP contribution in [-0.4, -0.2) is 23.3 Å². The molecule has 17 heavy (non-hydrogen) atoms. The van der Waals surface area contributed by atoms with E-state index in [1.54, 1.807) is 0 Å². The molecule has 1 aromatic rings. The number of aliphatic hydroxyl groups is 1. The van der Waals surface area contributed by atoms with Crippen LogP contribution >= 0.6 is 0 Å². The normalized spacial score (nSPS) is 20.8. The molecule has 1 N–H and O–H groups in total. The molecule has 0 spiro atoms. The third-order valence-electron chi connectivity index (χ3n) is 3.51. The summed E-state index contributed by atoms with van der Waals surface area (Å²) in [7, 11) is 0. The minimum atomic E-state index is -0.264. The topological polar surface area (TPSA) is 23.5 Å². The van der Waals surface area contributed by atoms with Crippen LogP contribution in [0, 0.1) is 0 Å². The molecule has 0 aliphatic carbocycles. The fraction of sp³-hybridized carbons (Fsp3) is 0.600. The summed E-state index contributed by atoms with van der Waals surface area (Å²) in [6.45, 7) is 8.62. The lowest BCUT2D eigenvalue weighted by Gasteiger charge is -2.29. The molecule has 1 heterocycles. The van der Waals surface area contributed by atoms with Gasteiger partial charge in [0.05, 0.1) is 6.10 Å². The maximum atomic E-state index is 9.47. The van der Waals surface area contributed by atoms with Gasteiger partial charge in [-0.1, -0.05) is 12.1 Å². The highest BCUT2D eigenvalue weighted by atomic mass is 16.3. The molecule has 1 aliphatic rings. The summed E-state index contributed by atoms with van der Waals surface area (Å²) in [5, 5.41) is 9.47. The molecule has 0 saturated heterocycles. The first-order valence-corrected chi connectivity index (χ1v) is 6.57. The summed E-state index contributed by atoms with van der Waals surface area (Å²) in [6.07, 6.45) is 1.62. The summed E-state index contributed by atoms with van der Waals surface area (Å²) in [5.74, 6) is 0. The molecule has 1 aromatic carbocycles. The van der Waals surface area contributed by atoms with Crippen LogP contribution in [0.5, 0.6) is 0 Å². The number of aliphatic hydroxyl groups excluding tert-OH is 1. The summed E-state index contributed by atoms with van der Waals surface area (Å²) >= 11 is 0. The number of hydrogen-bond acceptors (Lipinski definition) is 2. The Morgan fingerprint density at radius 3 is 2.65 bits per heavy atom. The van der Waals surface area contributed by atoms with Gasteiger partial charge in [-0.2, -0.15) is 0 Å². The number of hydrogen-bond donors (Lipinski definition) is 1. The third kappa shape index (κ3) is 2.47. The summed E-state index contributed by atoms with van der Waals surface area (Å²) in [4.78, 5) is 2.49. The van der Waals surface area contributed by atoms with E-state index in [0.29, 0.717) is 12.1 Å². The second kappa shape index (κ2) is 4.69. The van der Waals surface area contributed by atoms with Crippen molar-refractivity contribution in [2.45, 2.75) is 58.7 Å². The number of benzene rings is 1. The Morgan fingerprint density at radius 2 is 2.06 bits per heavy atom. The highest BCUT2D eigenvalue weighted by Crippen LogP contribution is 2.34. The molecule has 2 nitrogen and oxygen atoms in total. The second-order valence-corrected chi connectivity index (χ2v) is 5.57. The van der Waals surface area contributed by atoms with E-state index < -0.39 is 0 Å². The van der Waals surface area contributed by atoms with E-state index in [4.69, 9.17) is 0 Å². The molecule has 94 valence electrons. The fourth-order valence-corrected chi connectivity index (χ4v) is 2.93. The molecule has 1 aliphatic heterocycles. The molecule has 2 rings (SSSR count). The van der Waals surface area contributed by atoms with E-state index in [1.807, 2.05) is 6.92 Å². The largest absolute Gasteiger partial charge is 0.393 e. The molecule has 0 amide bonds. The van der Waals surface area contributed by atoms with Crippen molar-refractivity contribution in [3.63, 3.8) is 0 Å². The van der Waals surface area contributed by atoms with Crippen LogP contribution in [0.3, 0.4) is 0 Å². The molecule has 0 fully saturated rings. The van der Waals surface area contributed by atoms with Crippen molar-refractivity contribution >= 4 is 5.69 Å². The SMILES string of the molecule is CC(O)Cc1ccc2c(c1)N(C(C)C)C(C)C2. The molecule has 2 atom stereocenters. The van der Waals surface area contributed by atoms with Gasteiger partial charge in [-0.3, -0.25) is 0 Å². The maximum Gasteiger partial charge on any atom is 0.0552 e. The Hall–Kier alpha value is -1.02. The zero-order valence-corrected chi connectivity index (χ0v) is 11.3. The van der Waals surface area contributed by atoms with E-state index in [-0.39, 0.29) is 6.10 Å². The van der Waals surface area contributed by atoms with Gasteiger partial charge < -0.3 is 10.0 Å². The summed E-state index contributed by atoms with van der Waals surface area (Å²) < 4.78 is 0. The van der Waals surface area contributed by atoms with Crippen LogP contribution in [0.2, 0.25) is 0 Å². The molecule has 0 radical (unpaired) electrons. The molecule has 0 aromatic heterocycles. The first-order chi connectivity index (χ1) is 7.99. The van der Waals surface area contributed by atoms with E-state index in [0.717, 1.165) is 12.8 Å². The molecule has 0 saturated carbocycles. The van der Waals surface area contributed by atoms with Crippen LogP contribution < -0.4 is 4.90 Å². The summed E-state index contributed by atoms with van der Waals surface area (Å²) in [6, 6.07) is 7.76. The summed E-state index contributed by atoms with van der Waals surface area (Å²) in [5.41, 5.74) is 4.05. The molecular weight excluding hydrogens is 210 g/mol. The molecule has 0 bridgehead atoms. The van der Waals surface area contributed by atoms with Crippen molar-refractivity contribution in [1.82, 2.24) is 0 Å². The van der Waals surface area contributed by atoms with Crippen molar-refractivity contribution in [2.24, 2.45) is 0 Å². The Kier molecular flexibility index (Phi) is 3.43. The number of anilines is 1. The van der Waals surface area contributed by atoms with Gasteiger partial charge in [-0.15, -0.1) is 0 Å². The van der Waals surface area contributed by atoms with Crippen molar-refractivity contribution in [2.75, 3.05) is 4.90 Å². The van der Waals surface area contributed by atoms with Gasteiger partial charge >= 0.3 is 0 Å². The monoisotopic (exact) mass is 233 g/mol. The average Bonchev–Trinajstić information content (AvgIpc) is 2.52. The van der Waals surface area contributed by atoms with Crippen molar-refractivity contribution < 1.29 is 5.11 Å². The Morgan fingerprint density at radius 1 is 1.35 bits per heavy atom. The lowest BCUT2D eigenvalue weighted by atomic mass is 10.0. The minimum Gasteiger partial charge on any atom is -0.393 e. The Bertz CT molecular complexity index is 398. The van der Waals surface area contributed by atoms with Gasteiger partial charge in [0.1, 0.15) is 0 Å². The zero-order valence-electron chi connectivity index (χ0n) is 11.3. The van der Waals surface area contributed by atoms with E-state index in [1.165, 1.54) is 16.8 Å². The lowest BCUT2D eigenvalue weighted by Crippen LogP contribution is -2.35. The number of nitrogens with zero attached hydrogens (tertiary/aromatic N) is 1. The van der Waals surface area contributed by atoms with Crippen LogP contribution in [-0.2, 0) is 12.8 Å². The molecule has 2 unspecified atom stereocenters. The number of fused-ring (bicyclic) bond motifs is 1. The molecular formula is C15H23NO. The standard InChI is InChI=1S/C15H23NO/c1-10(2)16-11(3)7-14-6-5-13(8-12(4)17)9-15(14)16/h5-6,9-12,17H,7-8H2,1-4H3. The van der Waals surface area contributed by atoms with Gasteiger partial charge in [0.25, 0.3) is 0 Å². The predicted octanol–water partition coefficient (Wildman–Crippen LogP) is 2.77.